The number of rotatable bonds is 4. The summed E-state index contributed by atoms with van der Waals surface area (Å²) in [4.78, 5) is 16.5. The Morgan fingerprint density at radius 1 is 1.07 bits per heavy atom. The minimum absolute atomic E-state index is 0.0825. The predicted octanol–water partition coefficient (Wildman–Crippen LogP) is 5.08. The lowest BCUT2D eigenvalue weighted by atomic mass is 10.1. The van der Waals surface area contributed by atoms with E-state index in [0.717, 1.165) is 24.5 Å². The van der Waals surface area contributed by atoms with Gasteiger partial charge in [-0.1, -0.05) is 17.7 Å². The number of benzene rings is 2. The molecule has 0 saturated heterocycles. The molecule has 5 nitrogen and oxygen atoms in total. The van der Waals surface area contributed by atoms with E-state index in [2.05, 4.69) is 10.3 Å². The molecule has 1 heterocycles. The summed E-state index contributed by atoms with van der Waals surface area (Å²) < 4.78 is 63.2. The summed E-state index contributed by atoms with van der Waals surface area (Å²) in [5.41, 5.74) is -0.687. The Morgan fingerprint density at radius 3 is 2.37 bits per heavy atom. The van der Waals surface area contributed by atoms with Gasteiger partial charge in [-0.05, 0) is 48.5 Å². The molecular weight excluding hydrogens is 441 g/mol. The van der Waals surface area contributed by atoms with Gasteiger partial charge in [-0.2, -0.15) is 13.2 Å². The molecule has 30 heavy (non-hydrogen) atoms. The Kier molecular flexibility index (Phi) is 5.87. The summed E-state index contributed by atoms with van der Waals surface area (Å²) in [5.74, 6) is -0.786. The van der Waals surface area contributed by atoms with Crippen LogP contribution >= 0.6 is 11.6 Å². The second-order valence-corrected chi connectivity index (χ2v) is 8.80. The first-order valence-electron chi connectivity index (χ1n) is 8.40. The number of hydrogen-bond donors (Lipinski definition) is 1. The number of alkyl halides is 3. The van der Waals surface area contributed by atoms with E-state index in [1.165, 1.54) is 24.4 Å². The van der Waals surface area contributed by atoms with E-state index in [9.17, 15) is 26.4 Å². The Balaban J connectivity index is 1.99. The summed E-state index contributed by atoms with van der Waals surface area (Å²) in [6.07, 6.45) is -2.21. The molecule has 0 aliphatic rings. The number of carbonyl (C=O) groups excluding carboxylic acids is 1. The van der Waals surface area contributed by atoms with Crippen LogP contribution in [0, 0.1) is 0 Å². The van der Waals surface area contributed by atoms with Crippen LogP contribution in [0.1, 0.15) is 15.9 Å². The Labute approximate surface area is 175 Å². The van der Waals surface area contributed by atoms with Crippen molar-refractivity contribution >= 4 is 33.0 Å². The maximum absolute atomic E-state index is 13.3. The second kappa shape index (κ2) is 8.08. The topological polar surface area (TPSA) is 76.1 Å². The Morgan fingerprint density at radius 2 is 1.80 bits per heavy atom. The average Bonchev–Trinajstić information content (AvgIpc) is 2.67. The van der Waals surface area contributed by atoms with E-state index in [1.807, 2.05) is 0 Å². The molecule has 1 aromatic heterocycles. The van der Waals surface area contributed by atoms with Crippen molar-refractivity contribution in [2.75, 3.05) is 11.6 Å². The number of carbonyl (C=O) groups is 1. The quantitative estimate of drug-likeness (QED) is 0.596. The summed E-state index contributed by atoms with van der Waals surface area (Å²) in [6.45, 7) is 0. The fraction of sp³-hybridized carbons (Fsp3) is 0.100. The zero-order valence-corrected chi connectivity index (χ0v) is 16.9. The van der Waals surface area contributed by atoms with Gasteiger partial charge in [0.05, 0.1) is 26.7 Å². The van der Waals surface area contributed by atoms with Crippen molar-refractivity contribution in [3.8, 4) is 11.3 Å². The van der Waals surface area contributed by atoms with E-state index in [4.69, 9.17) is 11.6 Å². The molecule has 0 aliphatic carbocycles. The third-order valence-corrected chi connectivity index (χ3v) is 5.52. The number of hydrogen-bond acceptors (Lipinski definition) is 4. The molecule has 3 rings (SSSR count). The summed E-state index contributed by atoms with van der Waals surface area (Å²) in [5, 5.41) is 2.23. The predicted molar refractivity (Wildman–Crippen MR) is 107 cm³/mol. The number of aromatic nitrogens is 1. The van der Waals surface area contributed by atoms with Crippen LogP contribution in [0.15, 0.2) is 65.7 Å². The van der Waals surface area contributed by atoms with Crippen LogP contribution < -0.4 is 5.32 Å². The lowest BCUT2D eigenvalue weighted by molar-refractivity contribution is -0.137. The van der Waals surface area contributed by atoms with Crippen LogP contribution in [0.25, 0.3) is 11.3 Å². The van der Waals surface area contributed by atoms with E-state index < -0.39 is 27.5 Å². The minimum atomic E-state index is -4.64. The summed E-state index contributed by atoms with van der Waals surface area (Å²) in [6, 6.07) is 11.4. The molecule has 0 unspecified atom stereocenters. The summed E-state index contributed by atoms with van der Waals surface area (Å²) in [7, 11) is -3.53. The van der Waals surface area contributed by atoms with E-state index in [1.54, 1.807) is 18.2 Å². The molecule has 0 saturated carbocycles. The first-order valence-corrected chi connectivity index (χ1v) is 10.7. The molecule has 0 atom stereocenters. The normalized spacial score (nSPS) is 11.9. The van der Waals surface area contributed by atoms with Crippen LogP contribution in [-0.4, -0.2) is 25.6 Å². The van der Waals surface area contributed by atoms with Gasteiger partial charge in [-0.15, -0.1) is 0 Å². The van der Waals surface area contributed by atoms with Crippen molar-refractivity contribution in [2.24, 2.45) is 0 Å². The number of sulfone groups is 1. The van der Waals surface area contributed by atoms with Crippen LogP contribution in [-0.2, 0) is 16.0 Å². The monoisotopic (exact) mass is 454 g/mol. The van der Waals surface area contributed by atoms with Gasteiger partial charge in [0.1, 0.15) is 0 Å². The first kappa shape index (κ1) is 21.8. The Hall–Kier alpha value is -2.91. The van der Waals surface area contributed by atoms with Gasteiger partial charge in [0.2, 0.25) is 0 Å². The second-order valence-electron chi connectivity index (χ2n) is 6.38. The maximum Gasteiger partial charge on any atom is 0.416 e. The molecule has 0 radical (unpaired) electrons. The van der Waals surface area contributed by atoms with Crippen molar-refractivity contribution in [3.05, 3.63) is 76.9 Å². The van der Waals surface area contributed by atoms with Crippen LogP contribution in [0.2, 0.25) is 5.02 Å². The summed E-state index contributed by atoms with van der Waals surface area (Å²) >= 11 is 6.01. The van der Waals surface area contributed by atoms with Gasteiger partial charge >= 0.3 is 6.18 Å². The van der Waals surface area contributed by atoms with Gasteiger partial charge in [0, 0.05) is 23.7 Å². The molecule has 156 valence electrons. The van der Waals surface area contributed by atoms with Crippen molar-refractivity contribution in [1.29, 1.82) is 0 Å². The van der Waals surface area contributed by atoms with E-state index >= 15 is 0 Å². The fourth-order valence-electron chi connectivity index (χ4n) is 2.65. The molecule has 0 spiro atoms. The third kappa shape index (κ3) is 4.98. The van der Waals surface area contributed by atoms with Gasteiger partial charge in [-0.3, -0.25) is 9.78 Å². The lowest BCUT2D eigenvalue weighted by Crippen LogP contribution is -2.14. The zero-order valence-electron chi connectivity index (χ0n) is 15.4. The smallest absolute Gasteiger partial charge is 0.322 e. The largest absolute Gasteiger partial charge is 0.416 e. The van der Waals surface area contributed by atoms with Gasteiger partial charge in [-0.25, -0.2) is 8.42 Å². The third-order valence-electron chi connectivity index (χ3n) is 4.09. The van der Waals surface area contributed by atoms with Crippen LogP contribution in [0.5, 0.6) is 0 Å². The minimum Gasteiger partial charge on any atom is -0.322 e. The zero-order chi connectivity index (χ0) is 22.1. The highest BCUT2D eigenvalue weighted by molar-refractivity contribution is 7.90. The SMILES string of the molecule is CS(=O)(=O)c1ccc(C(=O)Nc2cc(-c3ccccn3)cc(C(F)(F)F)c2)c(Cl)c1. The van der Waals surface area contributed by atoms with E-state index in [-0.39, 0.29) is 26.7 Å². The number of nitrogens with zero attached hydrogens (tertiary/aromatic N) is 1. The molecule has 0 bridgehead atoms. The highest BCUT2D eigenvalue weighted by atomic mass is 35.5. The average molecular weight is 455 g/mol. The van der Waals surface area contributed by atoms with Crippen molar-refractivity contribution in [3.63, 3.8) is 0 Å². The molecule has 3 aromatic rings. The van der Waals surface area contributed by atoms with Gasteiger partial charge in [0.25, 0.3) is 5.91 Å². The molecule has 0 aliphatic heterocycles. The highest BCUT2D eigenvalue weighted by Gasteiger charge is 2.31. The van der Waals surface area contributed by atoms with Crippen molar-refractivity contribution < 1.29 is 26.4 Å². The number of halogens is 4. The number of pyridine rings is 1. The highest BCUT2D eigenvalue weighted by Crippen LogP contribution is 2.34. The molecule has 0 fully saturated rings. The fourth-order valence-corrected chi connectivity index (χ4v) is 3.63. The number of anilines is 1. The first-order chi connectivity index (χ1) is 13.9. The molecule has 2 aromatic carbocycles. The molecule has 1 N–H and O–H groups in total. The Bertz CT molecular complexity index is 1210. The molecule has 10 heteroatoms. The maximum atomic E-state index is 13.3. The number of amides is 1. The van der Waals surface area contributed by atoms with E-state index in [0.29, 0.717) is 5.69 Å². The molecule has 1 amide bonds. The van der Waals surface area contributed by atoms with Gasteiger partial charge < -0.3 is 5.32 Å². The van der Waals surface area contributed by atoms with Crippen LogP contribution in [0.4, 0.5) is 18.9 Å². The van der Waals surface area contributed by atoms with Crippen molar-refractivity contribution in [1.82, 2.24) is 4.98 Å². The number of nitrogens with one attached hydrogen (secondary N) is 1. The van der Waals surface area contributed by atoms with Gasteiger partial charge in [0.15, 0.2) is 9.84 Å². The standard InChI is InChI=1S/C20H14ClF3N2O3S/c1-30(28,29)15-5-6-16(17(21)11-15)19(27)26-14-9-12(18-4-2-3-7-25-18)8-13(10-14)20(22,23)24/h2-11H,1H3,(H,26,27). The lowest BCUT2D eigenvalue weighted by Gasteiger charge is -2.13. The molecular formula is C20H14ClF3N2O3S. The van der Waals surface area contributed by atoms with Crippen LogP contribution in [0.3, 0.4) is 0 Å². The van der Waals surface area contributed by atoms with Crippen molar-refractivity contribution in [2.45, 2.75) is 11.1 Å².